The lowest BCUT2D eigenvalue weighted by atomic mass is 10.0. The molecular formula is C18H16N2O3S2. The molecule has 2 aromatic rings. The maximum absolute atomic E-state index is 12.0. The second-order valence-corrected chi connectivity index (χ2v) is 7.19. The van der Waals surface area contributed by atoms with E-state index in [4.69, 9.17) is 12.2 Å². The number of aromatic nitrogens is 1. The van der Waals surface area contributed by atoms with Gasteiger partial charge in [0.15, 0.2) is 0 Å². The highest BCUT2D eigenvalue weighted by atomic mass is 32.2. The molecule has 0 aliphatic carbocycles. The van der Waals surface area contributed by atoms with Crippen molar-refractivity contribution in [3.8, 4) is 11.3 Å². The van der Waals surface area contributed by atoms with Crippen molar-refractivity contribution in [2.45, 2.75) is 13.2 Å². The largest absolute Gasteiger partial charge is 0.392 e. The number of aliphatic hydroxyl groups is 2. The number of thiocarbonyl (C=S) groups is 1. The number of benzene rings is 1. The Labute approximate surface area is 155 Å². The summed E-state index contributed by atoms with van der Waals surface area (Å²) >= 11 is 6.39. The number of nitrogens with zero attached hydrogens (tertiary/aromatic N) is 2. The van der Waals surface area contributed by atoms with E-state index in [0.29, 0.717) is 20.4 Å². The van der Waals surface area contributed by atoms with Crippen molar-refractivity contribution in [2.24, 2.45) is 0 Å². The highest BCUT2D eigenvalue weighted by Crippen LogP contribution is 2.31. The smallest absolute Gasteiger partial charge is 0.265 e. The molecule has 0 bridgehead atoms. The van der Waals surface area contributed by atoms with Crippen LogP contribution >= 0.6 is 24.0 Å². The third kappa shape index (κ3) is 3.64. The zero-order chi connectivity index (χ0) is 18.0. The summed E-state index contributed by atoms with van der Waals surface area (Å²) in [6.07, 6.45) is 3.46. The van der Waals surface area contributed by atoms with Crippen LogP contribution in [-0.4, -0.2) is 37.4 Å². The molecule has 128 valence electrons. The minimum atomic E-state index is -0.138. The van der Waals surface area contributed by atoms with Crippen LogP contribution in [0.2, 0.25) is 0 Å². The van der Waals surface area contributed by atoms with E-state index in [9.17, 15) is 15.0 Å². The summed E-state index contributed by atoms with van der Waals surface area (Å²) < 4.78 is 0.543. The minimum absolute atomic E-state index is 0.105. The van der Waals surface area contributed by atoms with Crippen LogP contribution in [0, 0.1) is 0 Å². The van der Waals surface area contributed by atoms with Crippen LogP contribution < -0.4 is 0 Å². The third-order valence-electron chi connectivity index (χ3n) is 3.91. The summed E-state index contributed by atoms with van der Waals surface area (Å²) in [5.41, 5.74) is 3.79. The Bertz CT molecular complexity index is 863. The number of pyridine rings is 1. The number of hydrogen-bond acceptors (Lipinski definition) is 6. The molecular weight excluding hydrogens is 356 g/mol. The van der Waals surface area contributed by atoms with Crippen LogP contribution in [0.1, 0.15) is 16.7 Å². The van der Waals surface area contributed by atoms with Gasteiger partial charge in [0, 0.05) is 18.8 Å². The van der Waals surface area contributed by atoms with E-state index in [0.717, 1.165) is 16.8 Å². The number of carbonyl (C=O) groups excluding carboxylic acids is 1. The van der Waals surface area contributed by atoms with Crippen molar-refractivity contribution >= 4 is 40.3 Å². The molecule has 1 aromatic carbocycles. The van der Waals surface area contributed by atoms with Crippen molar-refractivity contribution in [3.05, 3.63) is 58.1 Å². The quantitative estimate of drug-likeness (QED) is 0.635. The molecule has 3 rings (SSSR count). The lowest BCUT2D eigenvalue weighted by molar-refractivity contribution is -0.121. The molecule has 0 spiro atoms. The second-order valence-electron chi connectivity index (χ2n) is 5.52. The molecule has 1 amide bonds. The van der Waals surface area contributed by atoms with Gasteiger partial charge in [-0.3, -0.25) is 14.7 Å². The van der Waals surface area contributed by atoms with Gasteiger partial charge in [-0.1, -0.05) is 42.2 Å². The third-order valence-corrected chi connectivity index (χ3v) is 5.40. The van der Waals surface area contributed by atoms with E-state index in [2.05, 4.69) is 4.98 Å². The lowest BCUT2D eigenvalue weighted by Gasteiger charge is -2.08. The molecule has 0 radical (unpaired) electrons. The van der Waals surface area contributed by atoms with Crippen molar-refractivity contribution in [1.82, 2.24) is 9.88 Å². The predicted molar refractivity (Wildman–Crippen MR) is 102 cm³/mol. The van der Waals surface area contributed by atoms with E-state index < -0.39 is 0 Å². The molecule has 1 aliphatic rings. The van der Waals surface area contributed by atoms with Gasteiger partial charge in [-0.25, -0.2) is 0 Å². The molecule has 7 heteroatoms. The van der Waals surface area contributed by atoms with Crippen molar-refractivity contribution in [1.29, 1.82) is 0 Å². The average Bonchev–Trinajstić information content (AvgIpc) is 2.88. The fourth-order valence-corrected chi connectivity index (χ4v) is 3.62. The fourth-order valence-electron chi connectivity index (χ4n) is 2.45. The second kappa shape index (κ2) is 7.45. The predicted octanol–water partition coefficient (Wildman–Crippen LogP) is 2.56. The molecule has 5 nitrogen and oxygen atoms in total. The topological polar surface area (TPSA) is 73.7 Å². The van der Waals surface area contributed by atoms with Gasteiger partial charge in [-0.15, -0.1) is 0 Å². The van der Waals surface area contributed by atoms with Crippen molar-refractivity contribution in [2.75, 3.05) is 7.05 Å². The minimum Gasteiger partial charge on any atom is -0.392 e. The summed E-state index contributed by atoms with van der Waals surface area (Å²) in [6.45, 7) is -0.251. The first-order valence-electron chi connectivity index (χ1n) is 7.55. The lowest BCUT2D eigenvalue weighted by Crippen LogP contribution is -2.22. The summed E-state index contributed by atoms with van der Waals surface area (Å²) in [6, 6.07) is 9.19. The Morgan fingerprint density at radius 3 is 2.52 bits per heavy atom. The van der Waals surface area contributed by atoms with Gasteiger partial charge < -0.3 is 10.2 Å². The zero-order valence-electron chi connectivity index (χ0n) is 13.5. The normalized spacial score (nSPS) is 16.1. The number of hydrogen-bond donors (Lipinski definition) is 2. The fraction of sp³-hybridized carbons (Fsp3) is 0.167. The number of rotatable bonds is 4. The Hall–Kier alpha value is -2.06. The Balaban J connectivity index is 1.86. The van der Waals surface area contributed by atoms with Crippen LogP contribution in [0.5, 0.6) is 0 Å². The number of aliphatic hydroxyl groups excluding tert-OH is 2. The van der Waals surface area contributed by atoms with Gasteiger partial charge in [0.1, 0.15) is 4.32 Å². The van der Waals surface area contributed by atoms with Gasteiger partial charge >= 0.3 is 0 Å². The van der Waals surface area contributed by atoms with E-state index in [1.54, 1.807) is 25.4 Å². The SMILES string of the molecule is CN1C(=O)/C(=C/c2ccc(-c3ccc(CO)c(CO)c3)nc2)SC1=S. The average molecular weight is 372 g/mol. The first kappa shape index (κ1) is 17.8. The maximum atomic E-state index is 12.0. The Morgan fingerprint density at radius 2 is 1.96 bits per heavy atom. The molecule has 0 unspecified atom stereocenters. The first-order chi connectivity index (χ1) is 12.0. The summed E-state index contributed by atoms with van der Waals surface area (Å²) in [4.78, 5) is 18.5. The van der Waals surface area contributed by atoms with Crippen LogP contribution in [0.3, 0.4) is 0 Å². The molecule has 1 aromatic heterocycles. The van der Waals surface area contributed by atoms with Crippen molar-refractivity contribution < 1.29 is 15.0 Å². The molecule has 2 heterocycles. The molecule has 1 saturated heterocycles. The highest BCUT2D eigenvalue weighted by Gasteiger charge is 2.28. The van der Waals surface area contributed by atoms with Gasteiger partial charge in [0.2, 0.25) is 0 Å². The number of likely N-dealkylation sites (N-methyl/N-ethyl adjacent to an activating group) is 1. The Morgan fingerprint density at radius 1 is 1.20 bits per heavy atom. The molecule has 2 N–H and O–H groups in total. The molecule has 25 heavy (non-hydrogen) atoms. The van der Waals surface area contributed by atoms with E-state index in [1.807, 2.05) is 24.3 Å². The number of carbonyl (C=O) groups is 1. The van der Waals surface area contributed by atoms with Gasteiger partial charge in [0.25, 0.3) is 5.91 Å². The van der Waals surface area contributed by atoms with E-state index in [1.165, 1.54) is 16.7 Å². The molecule has 0 atom stereocenters. The number of thioether (sulfide) groups is 1. The highest BCUT2D eigenvalue weighted by molar-refractivity contribution is 8.26. The molecule has 1 aliphatic heterocycles. The molecule has 0 saturated carbocycles. The monoisotopic (exact) mass is 372 g/mol. The summed E-state index contributed by atoms with van der Waals surface area (Å²) in [5, 5.41) is 18.7. The van der Waals surface area contributed by atoms with Crippen LogP contribution in [0.4, 0.5) is 0 Å². The first-order valence-corrected chi connectivity index (χ1v) is 8.77. The standard InChI is InChI=1S/C18H16N2O3S2/c1-20-17(23)16(25-18(20)24)6-11-2-5-15(19-8-11)12-3-4-13(9-21)14(7-12)10-22/h2-8,21-22H,9-10H2,1H3/b16-6-. The van der Waals surface area contributed by atoms with Crippen LogP contribution in [0.15, 0.2) is 41.4 Å². The van der Waals surface area contributed by atoms with Crippen LogP contribution in [0.25, 0.3) is 17.3 Å². The van der Waals surface area contributed by atoms with Gasteiger partial charge in [-0.05, 0) is 34.9 Å². The van der Waals surface area contributed by atoms with Gasteiger partial charge in [0.05, 0.1) is 23.8 Å². The number of amides is 1. The van der Waals surface area contributed by atoms with E-state index in [-0.39, 0.29) is 19.1 Å². The summed E-state index contributed by atoms with van der Waals surface area (Å²) in [5.74, 6) is -0.105. The van der Waals surface area contributed by atoms with E-state index >= 15 is 0 Å². The van der Waals surface area contributed by atoms with Gasteiger partial charge in [-0.2, -0.15) is 0 Å². The molecule has 1 fully saturated rings. The summed E-state index contributed by atoms with van der Waals surface area (Å²) in [7, 11) is 1.66. The maximum Gasteiger partial charge on any atom is 0.265 e. The Kier molecular flexibility index (Phi) is 5.29. The van der Waals surface area contributed by atoms with Crippen LogP contribution in [-0.2, 0) is 18.0 Å². The zero-order valence-corrected chi connectivity index (χ0v) is 15.1. The van der Waals surface area contributed by atoms with Crippen molar-refractivity contribution in [3.63, 3.8) is 0 Å².